The van der Waals surface area contributed by atoms with E-state index in [1.165, 1.54) is 12.1 Å². The Morgan fingerprint density at radius 3 is 2.47 bits per heavy atom. The Balaban J connectivity index is 1.92. The van der Waals surface area contributed by atoms with E-state index in [4.69, 9.17) is 0 Å². The highest BCUT2D eigenvalue weighted by Crippen LogP contribution is 2.27. The van der Waals surface area contributed by atoms with Gasteiger partial charge >= 0.3 is 0 Å². The van der Waals surface area contributed by atoms with Crippen LogP contribution in [-0.2, 0) is 11.3 Å². The van der Waals surface area contributed by atoms with E-state index in [9.17, 15) is 14.4 Å². The molecule has 1 saturated heterocycles. The highest BCUT2D eigenvalue weighted by Gasteiger charge is 2.32. The lowest BCUT2D eigenvalue weighted by atomic mass is 9.97. The van der Waals surface area contributed by atoms with E-state index in [2.05, 4.69) is 22.9 Å². The first-order chi connectivity index (χ1) is 15.3. The smallest absolute Gasteiger partial charge is 0.244 e. The molecule has 2 aromatic carbocycles. The minimum Gasteiger partial charge on any atom is -0.340 e. The van der Waals surface area contributed by atoms with Crippen molar-refractivity contribution in [2.45, 2.75) is 26.4 Å². The number of carbonyl (C=O) groups is 1. The standard InChI is InChI=1S/C26H31FN4O/c1-5-6-24-19(2)15-20(17-28)16-22(24)18-30(4)26(32)25(21-7-9-23(27)10-8-21)31-13-11-29(3)12-14-31/h5-10,15-16,25H,11-14,18H2,1-4H3/b6-5-. The van der Waals surface area contributed by atoms with Gasteiger partial charge in [0.25, 0.3) is 0 Å². The van der Waals surface area contributed by atoms with Crippen molar-refractivity contribution in [2.75, 3.05) is 40.3 Å². The molecule has 0 aromatic heterocycles. The minimum absolute atomic E-state index is 0.0346. The highest BCUT2D eigenvalue weighted by atomic mass is 19.1. The zero-order valence-electron chi connectivity index (χ0n) is 19.3. The first-order valence-corrected chi connectivity index (χ1v) is 10.9. The van der Waals surface area contributed by atoms with Gasteiger partial charge in [-0.05, 0) is 67.4 Å². The van der Waals surface area contributed by atoms with Crippen LogP contribution in [0.4, 0.5) is 4.39 Å². The summed E-state index contributed by atoms with van der Waals surface area (Å²) in [6.07, 6.45) is 3.98. The highest BCUT2D eigenvalue weighted by molar-refractivity contribution is 5.83. The number of likely N-dealkylation sites (N-methyl/N-ethyl adjacent to an activating group) is 2. The predicted octanol–water partition coefficient (Wildman–Crippen LogP) is 3.99. The van der Waals surface area contributed by atoms with Gasteiger partial charge in [0.1, 0.15) is 11.9 Å². The van der Waals surface area contributed by atoms with Gasteiger partial charge in [-0.15, -0.1) is 0 Å². The number of piperazine rings is 1. The number of hydrogen-bond acceptors (Lipinski definition) is 4. The number of halogens is 1. The molecule has 0 saturated carbocycles. The van der Waals surface area contributed by atoms with Gasteiger partial charge in [0.15, 0.2) is 0 Å². The Morgan fingerprint density at radius 1 is 1.22 bits per heavy atom. The fraction of sp³-hybridized carbons (Fsp3) is 0.385. The van der Waals surface area contributed by atoms with Crippen molar-refractivity contribution in [1.29, 1.82) is 5.26 Å². The third-order valence-corrected chi connectivity index (χ3v) is 6.04. The largest absolute Gasteiger partial charge is 0.340 e. The summed E-state index contributed by atoms with van der Waals surface area (Å²) in [5.74, 6) is -0.348. The number of nitriles is 1. The molecular weight excluding hydrogens is 403 g/mol. The van der Waals surface area contributed by atoms with E-state index in [1.54, 1.807) is 24.1 Å². The van der Waals surface area contributed by atoms with E-state index in [0.29, 0.717) is 12.1 Å². The van der Waals surface area contributed by atoms with Gasteiger partial charge in [0.05, 0.1) is 11.6 Å². The maximum atomic E-state index is 13.7. The number of aryl methyl sites for hydroxylation is 1. The first kappa shape index (κ1) is 23.6. The molecule has 1 atom stereocenters. The van der Waals surface area contributed by atoms with E-state index in [0.717, 1.165) is 48.4 Å². The molecule has 5 nitrogen and oxygen atoms in total. The van der Waals surface area contributed by atoms with Crippen LogP contribution in [0.25, 0.3) is 6.08 Å². The second-order valence-electron chi connectivity index (χ2n) is 8.47. The maximum Gasteiger partial charge on any atom is 0.244 e. The van der Waals surface area contributed by atoms with Crippen LogP contribution in [0.1, 0.15) is 40.8 Å². The lowest BCUT2D eigenvalue weighted by molar-refractivity contribution is -0.137. The molecule has 0 aliphatic carbocycles. The Morgan fingerprint density at radius 2 is 1.88 bits per heavy atom. The summed E-state index contributed by atoms with van der Waals surface area (Å²) in [6.45, 7) is 7.62. The molecule has 32 heavy (non-hydrogen) atoms. The molecule has 1 amide bonds. The van der Waals surface area contributed by atoms with Crippen molar-refractivity contribution in [1.82, 2.24) is 14.7 Å². The second-order valence-corrected chi connectivity index (χ2v) is 8.47. The van der Waals surface area contributed by atoms with Crippen molar-refractivity contribution >= 4 is 12.0 Å². The second kappa shape index (κ2) is 10.5. The fourth-order valence-corrected chi connectivity index (χ4v) is 4.25. The molecule has 1 fully saturated rings. The number of benzene rings is 2. The molecule has 0 bridgehead atoms. The van der Waals surface area contributed by atoms with Crippen LogP contribution in [-0.4, -0.2) is 60.9 Å². The zero-order valence-corrected chi connectivity index (χ0v) is 19.3. The van der Waals surface area contributed by atoms with Crippen LogP contribution in [0.3, 0.4) is 0 Å². The van der Waals surface area contributed by atoms with Crippen molar-refractivity contribution in [2.24, 2.45) is 0 Å². The van der Waals surface area contributed by atoms with Gasteiger partial charge < -0.3 is 9.80 Å². The van der Waals surface area contributed by atoms with Crippen molar-refractivity contribution in [3.63, 3.8) is 0 Å². The predicted molar refractivity (Wildman–Crippen MR) is 125 cm³/mol. The summed E-state index contributed by atoms with van der Waals surface area (Å²) in [6, 6.07) is 11.7. The van der Waals surface area contributed by atoms with Gasteiger partial charge in [0, 0.05) is 39.8 Å². The van der Waals surface area contributed by atoms with Gasteiger partial charge in [-0.1, -0.05) is 24.3 Å². The Hall–Kier alpha value is -3.01. The third kappa shape index (κ3) is 5.42. The Labute approximate surface area is 190 Å². The molecule has 1 aliphatic rings. The van der Waals surface area contributed by atoms with Crippen molar-refractivity contribution in [3.05, 3.63) is 76.1 Å². The zero-order chi connectivity index (χ0) is 23.3. The van der Waals surface area contributed by atoms with Crippen molar-refractivity contribution in [3.8, 4) is 6.07 Å². The Bertz CT molecular complexity index is 1020. The van der Waals surface area contributed by atoms with Gasteiger partial charge in [-0.25, -0.2) is 4.39 Å². The molecule has 0 radical (unpaired) electrons. The summed E-state index contributed by atoms with van der Waals surface area (Å²) < 4.78 is 13.6. The molecule has 1 unspecified atom stereocenters. The Kier molecular flexibility index (Phi) is 7.79. The van der Waals surface area contributed by atoms with Crippen LogP contribution in [0.2, 0.25) is 0 Å². The van der Waals surface area contributed by atoms with E-state index < -0.39 is 6.04 Å². The van der Waals surface area contributed by atoms with E-state index >= 15 is 0 Å². The number of hydrogen-bond donors (Lipinski definition) is 0. The van der Waals surface area contributed by atoms with Gasteiger partial charge in [-0.3, -0.25) is 9.69 Å². The molecule has 0 spiro atoms. The van der Waals surface area contributed by atoms with Gasteiger partial charge in [-0.2, -0.15) is 5.26 Å². The molecule has 2 aromatic rings. The maximum absolute atomic E-state index is 13.7. The minimum atomic E-state index is -0.472. The summed E-state index contributed by atoms with van der Waals surface area (Å²) in [5, 5.41) is 9.41. The number of allylic oxidation sites excluding steroid dienone is 1. The number of rotatable bonds is 6. The van der Waals surface area contributed by atoms with Crippen molar-refractivity contribution < 1.29 is 9.18 Å². The van der Waals surface area contributed by atoms with Crippen LogP contribution in [0.5, 0.6) is 0 Å². The van der Waals surface area contributed by atoms with Crippen LogP contribution in [0.15, 0.2) is 42.5 Å². The summed E-state index contributed by atoms with van der Waals surface area (Å²) in [7, 11) is 3.87. The molecule has 6 heteroatoms. The molecule has 0 N–H and O–H groups in total. The van der Waals surface area contributed by atoms with E-state index in [1.807, 2.05) is 38.1 Å². The lowest BCUT2D eigenvalue weighted by Gasteiger charge is -2.39. The first-order valence-electron chi connectivity index (χ1n) is 10.9. The average Bonchev–Trinajstić information content (AvgIpc) is 2.78. The molecule has 1 aliphatic heterocycles. The number of amides is 1. The number of carbonyl (C=O) groups excluding carboxylic acids is 1. The fourth-order valence-electron chi connectivity index (χ4n) is 4.25. The molecule has 1 heterocycles. The van der Waals surface area contributed by atoms with Crippen LogP contribution >= 0.6 is 0 Å². The summed E-state index contributed by atoms with van der Waals surface area (Å²) in [5.41, 5.74) is 4.35. The van der Waals surface area contributed by atoms with Crippen LogP contribution in [0, 0.1) is 24.1 Å². The normalized spacial score (nSPS) is 16.1. The monoisotopic (exact) mass is 434 g/mol. The average molecular weight is 435 g/mol. The molecule has 168 valence electrons. The van der Waals surface area contributed by atoms with Crippen LogP contribution < -0.4 is 0 Å². The summed E-state index contributed by atoms with van der Waals surface area (Å²) in [4.78, 5) is 19.9. The summed E-state index contributed by atoms with van der Waals surface area (Å²) >= 11 is 0. The SMILES string of the molecule is C/C=C\c1c(C)cc(C#N)cc1CN(C)C(=O)C(c1ccc(F)cc1)N1CCN(C)CC1. The van der Waals surface area contributed by atoms with Gasteiger partial charge in [0.2, 0.25) is 5.91 Å². The third-order valence-electron chi connectivity index (χ3n) is 6.04. The lowest BCUT2D eigenvalue weighted by Crippen LogP contribution is -2.50. The van der Waals surface area contributed by atoms with E-state index in [-0.39, 0.29) is 11.7 Å². The number of nitrogens with zero attached hydrogens (tertiary/aromatic N) is 4. The molecular formula is C26H31FN4O. The topological polar surface area (TPSA) is 50.6 Å². The quantitative estimate of drug-likeness (QED) is 0.690. The molecule has 3 rings (SSSR count).